The number of anilines is 1. The first-order chi connectivity index (χ1) is 15.3. The van der Waals surface area contributed by atoms with E-state index in [0.29, 0.717) is 12.2 Å². The third kappa shape index (κ3) is 4.48. The summed E-state index contributed by atoms with van der Waals surface area (Å²) in [6.45, 7) is 2.15. The van der Waals surface area contributed by atoms with Gasteiger partial charge in [-0.25, -0.2) is 22.6 Å². The van der Waals surface area contributed by atoms with Crippen molar-refractivity contribution in [2.24, 2.45) is 0 Å². The topological polar surface area (TPSA) is 113 Å². The van der Waals surface area contributed by atoms with Crippen LogP contribution in [-0.2, 0) is 10.0 Å². The van der Waals surface area contributed by atoms with Crippen molar-refractivity contribution >= 4 is 32.6 Å². The summed E-state index contributed by atoms with van der Waals surface area (Å²) < 4.78 is 29.4. The molecule has 0 unspecified atom stereocenters. The highest BCUT2D eigenvalue weighted by Crippen LogP contribution is 2.26. The van der Waals surface area contributed by atoms with Crippen LogP contribution in [0.4, 0.5) is 5.69 Å². The molecule has 0 saturated carbocycles. The van der Waals surface area contributed by atoms with Crippen molar-refractivity contribution in [3.05, 3.63) is 84.6 Å². The van der Waals surface area contributed by atoms with E-state index in [1.807, 2.05) is 18.2 Å². The third-order valence-corrected chi connectivity index (χ3v) is 6.57. The quantitative estimate of drug-likeness (QED) is 0.379. The molecule has 0 fully saturated rings. The number of aromatic carboxylic acids is 1. The highest BCUT2D eigenvalue weighted by molar-refractivity contribution is 7.89. The van der Waals surface area contributed by atoms with E-state index in [1.54, 1.807) is 66.3 Å². The Hall–Kier alpha value is -3.69. The van der Waals surface area contributed by atoms with Crippen LogP contribution >= 0.6 is 0 Å². The lowest BCUT2D eigenvalue weighted by atomic mass is 10.2. The van der Waals surface area contributed by atoms with Gasteiger partial charge >= 0.3 is 5.97 Å². The third-order valence-electron chi connectivity index (χ3n) is 4.96. The van der Waals surface area contributed by atoms with E-state index in [9.17, 15) is 18.3 Å². The van der Waals surface area contributed by atoms with Gasteiger partial charge in [-0.1, -0.05) is 30.3 Å². The molecule has 4 rings (SSSR count). The standard InChI is InChI=1S/C23H22N4O4S/c1-16(26-32(30,31)19-9-3-2-4-10-19)14-24-21-11-6-12-22-20(21)15-25-27(22)18-8-5-7-17(13-18)23(28)29/h2-13,15-16,24,26H,14H2,1H3,(H,28,29)/t16-/m0/s1. The van der Waals surface area contributed by atoms with Gasteiger partial charge in [-0.2, -0.15) is 5.10 Å². The Bertz CT molecular complexity index is 1370. The number of sulfonamides is 1. The van der Waals surface area contributed by atoms with Gasteiger partial charge in [0, 0.05) is 23.7 Å². The Morgan fingerprint density at radius 1 is 1.06 bits per heavy atom. The van der Waals surface area contributed by atoms with Crippen molar-refractivity contribution in [1.29, 1.82) is 0 Å². The molecule has 0 saturated heterocycles. The van der Waals surface area contributed by atoms with Crippen LogP contribution in [0.25, 0.3) is 16.6 Å². The van der Waals surface area contributed by atoms with Crippen LogP contribution in [0.3, 0.4) is 0 Å². The summed E-state index contributed by atoms with van der Waals surface area (Å²) in [5.74, 6) is -1.00. The molecule has 0 aliphatic rings. The molecule has 0 radical (unpaired) electrons. The van der Waals surface area contributed by atoms with Crippen LogP contribution in [0, 0.1) is 0 Å². The minimum atomic E-state index is -3.60. The summed E-state index contributed by atoms with van der Waals surface area (Å²) in [5.41, 5.74) is 2.42. The Morgan fingerprint density at radius 3 is 2.56 bits per heavy atom. The molecule has 1 aromatic heterocycles. The predicted molar refractivity (Wildman–Crippen MR) is 123 cm³/mol. The molecule has 8 nitrogen and oxygen atoms in total. The van der Waals surface area contributed by atoms with Crippen LogP contribution in [0.5, 0.6) is 0 Å². The number of aromatic nitrogens is 2. The normalized spacial score (nSPS) is 12.5. The van der Waals surface area contributed by atoms with Gasteiger partial charge in [0.25, 0.3) is 0 Å². The number of hydrogen-bond acceptors (Lipinski definition) is 5. The van der Waals surface area contributed by atoms with Crippen LogP contribution in [0.2, 0.25) is 0 Å². The summed E-state index contributed by atoms with van der Waals surface area (Å²) in [5, 5.41) is 17.8. The Morgan fingerprint density at radius 2 is 1.81 bits per heavy atom. The zero-order valence-electron chi connectivity index (χ0n) is 17.3. The molecule has 3 aromatic carbocycles. The minimum absolute atomic E-state index is 0.181. The van der Waals surface area contributed by atoms with Gasteiger partial charge in [0.15, 0.2) is 0 Å². The number of rotatable bonds is 8. The lowest BCUT2D eigenvalue weighted by molar-refractivity contribution is 0.0697. The summed E-state index contributed by atoms with van der Waals surface area (Å²) in [6.07, 6.45) is 1.70. The van der Waals surface area contributed by atoms with E-state index in [4.69, 9.17) is 0 Å². The Labute approximate surface area is 185 Å². The Balaban J connectivity index is 1.52. The SMILES string of the molecule is C[C@@H](CNc1cccc2c1cnn2-c1cccc(C(=O)O)c1)NS(=O)(=O)c1ccccc1. The van der Waals surface area contributed by atoms with Crippen LogP contribution in [-0.4, -0.2) is 41.9 Å². The molecule has 32 heavy (non-hydrogen) atoms. The molecule has 0 aliphatic heterocycles. The fourth-order valence-electron chi connectivity index (χ4n) is 3.42. The van der Waals surface area contributed by atoms with Crippen LogP contribution in [0.1, 0.15) is 17.3 Å². The second kappa shape index (κ2) is 8.81. The Kier molecular flexibility index (Phi) is 5.93. The van der Waals surface area contributed by atoms with Crippen LogP contribution in [0.15, 0.2) is 83.9 Å². The number of nitrogens with one attached hydrogen (secondary N) is 2. The molecule has 3 N–H and O–H groups in total. The first-order valence-electron chi connectivity index (χ1n) is 9.97. The molecule has 1 atom stereocenters. The van der Waals surface area contributed by atoms with Gasteiger partial charge in [0.05, 0.1) is 27.9 Å². The average Bonchev–Trinajstić information content (AvgIpc) is 3.23. The summed E-state index contributed by atoms with van der Waals surface area (Å²) in [6, 6.07) is 20.1. The van der Waals surface area contributed by atoms with Crippen molar-refractivity contribution in [2.45, 2.75) is 17.9 Å². The summed E-state index contributed by atoms with van der Waals surface area (Å²) in [4.78, 5) is 11.5. The van der Waals surface area contributed by atoms with E-state index < -0.39 is 16.0 Å². The highest BCUT2D eigenvalue weighted by Gasteiger charge is 2.17. The molecular weight excluding hydrogens is 428 g/mol. The number of fused-ring (bicyclic) bond motifs is 1. The van der Waals surface area contributed by atoms with Gasteiger partial charge < -0.3 is 10.4 Å². The molecule has 0 aliphatic carbocycles. The average molecular weight is 451 g/mol. The molecule has 0 spiro atoms. The van der Waals surface area contributed by atoms with E-state index in [-0.39, 0.29) is 16.5 Å². The maximum atomic E-state index is 12.5. The van der Waals surface area contributed by atoms with Crippen molar-refractivity contribution in [3.8, 4) is 5.69 Å². The van der Waals surface area contributed by atoms with Crippen LogP contribution < -0.4 is 10.0 Å². The molecule has 1 heterocycles. The lowest BCUT2D eigenvalue weighted by Gasteiger charge is -2.16. The zero-order valence-corrected chi connectivity index (χ0v) is 18.1. The first kappa shape index (κ1) is 21.5. The monoisotopic (exact) mass is 450 g/mol. The summed E-state index contributed by atoms with van der Waals surface area (Å²) in [7, 11) is -3.60. The first-order valence-corrected chi connectivity index (χ1v) is 11.5. The second-order valence-corrected chi connectivity index (χ2v) is 9.08. The number of carboxylic acids is 1. The predicted octanol–water partition coefficient (Wildman–Crippen LogP) is 3.50. The number of carbonyl (C=O) groups is 1. The molecule has 4 aromatic rings. The molecule has 9 heteroatoms. The van der Waals surface area contributed by atoms with Crippen molar-refractivity contribution < 1.29 is 18.3 Å². The maximum Gasteiger partial charge on any atom is 0.335 e. The van der Waals surface area contributed by atoms with Gasteiger partial charge in [-0.3, -0.25) is 0 Å². The van der Waals surface area contributed by atoms with Crippen molar-refractivity contribution in [1.82, 2.24) is 14.5 Å². The zero-order chi connectivity index (χ0) is 22.7. The molecular formula is C23H22N4O4S. The fraction of sp³-hybridized carbons (Fsp3) is 0.130. The molecule has 0 bridgehead atoms. The number of nitrogens with zero attached hydrogens (tertiary/aromatic N) is 2. The van der Waals surface area contributed by atoms with E-state index in [2.05, 4.69) is 15.1 Å². The number of carboxylic acid groups (broad SMARTS) is 1. The van der Waals surface area contributed by atoms with E-state index in [1.165, 1.54) is 6.07 Å². The minimum Gasteiger partial charge on any atom is -0.478 e. The summed E-state index contributed by atoms with van der Waals surface area (Å²) >= 11 is 0. The fourth-order valence-corrected chi connectivity index (χ4v) is 4.68. The second-order valence-electron chi connectivity index (χ2n) is 7.37. The smallest absolute Gasteiger partial charge is 0.335 e. The van der Waals surface area contributed by atoms with Gasteiger partial charge in [0.2, 0.25) is 10.0 Å². The largest absolute Gasteiger partial charge is 0.478 e. The van der Waals surface area contributed by atoms with Gasteiger partial charge in [-0.05, 0) is 49.4 Å². The van der Waals surface area contributed by atoms with E-state index >= 15 is 0 Å². The molecule has 0 amide bonds. The highest BCUT2D eigenvalue weighted by atomic mass is 32.2. The van der Waals surface area contributed by atoms with Crippen molar-refractivity contribution in [2.75, 3.05) is 11.9 Å². The van der Waals surface area contributed by atoms with Crippen molar-refractivity contribution in [3.63, 3.8) is 0 Å². The number of hydrogen-bond donors (Lipinski definition) is 3. The van der Waals surface area contributed by atoms with Gasteiger partial charge in [0.1, 0.15) is 0 Å². The maximum absolute atomic E-state index is 12.5. The van der Waals surface area contributed by atoms with E-state index in [0.717, 1.165) is 16.6 Å². The lowest BCUT2D eigenvalue weighted by Crippen LogP contribution is -2.37. The van der Waals surface area contributed by atoms with Gasteiger partial charge in [-0.15, -0.1) is 0 Å². The molecule has 164 valence electrons. The number of benzene rings is 3.